The van der Waals surface area contributed by atoms with Crippen LogP contribution in [-0.2, 0) is 9.59 Å². The van der Waals surface area contributed by atoms with Gasteiger partial charge in [0.1, 0.15) is 6.61 Å². The third-order valence-corrected chi connectivity index (χ3v) is 3.17. The molecule has 1 aromatic carbocycles. The lowest BCUT2D eigenvalue weighted by Crippen LogP contribution is -2.28. The van der Waals surface area contributed by atoms with Crippen molar-refractivity contribution in [1.82, 2.24) is 4.90 Å². The average Bonchev–Trinajstić information content (AvgIpc) is 2.63. The predicted octanol–water partition coefficient (Wildman–Crippen LogP) is 2.94. The Hall–Kier alpha value is -3.06. The number of nitrogens with zero attached hydrogens (tertiary/aromatic N) is 1. The van der Waals surface area contributed by atoms with E-state index >= 15 is 0 Å². The van der Waals surface area contributed by atoms with E-state index in [0.29, 0.717) is 6.61 Å². The average molecular weight is 377 g/mol. The molecule has 0 aliphatic rings. The lowest BCUT2D eigenvalue weighted by atomic mass is 10.2. The van der Waals surface area contributed by atoms with E-state index < -0.39 is 11.9 Å². The second-order valence-electron chi connectivity index (χ2n) is 5.21. The molecule has 0 saturated carbocycles. The largest absolute Gasteiger partial charge is 0.493 e. The summed E-state index contributed by atoms with van der Waals surface area (Å²) in [7, 11) is 1.66. The molecule has 0 radical (unpaired) electrons. The molecule has 1 rings (SSSR count). The molecule has 0 atom stereocenters. The topological polar surface area (TPSA) is 96.3 Å². The molecule has 0 amide bonds. The third kappa shape index (κ3) is 10.5. The van der Waals surface area contributed by atoms with Crippen molar-refractivity contribution in [3.8, 4) is 11.5 Å². The molecular formula is C20H27NO6. The Morgan fingerprint density at radius 3 is 2.15 bits per heavy atom. The Bertz CT molecular complexity index is 632. The van der Waals surface area contributed by atoms with E-state index in [2.05, 4.69) is 18.1 Å². The molecule has 2 N–H and O–H groups in total. The van der Waals surface area contributed by atoms with E-state index in [1.165, 1.54) is 0 Å². The van der Waals surface area contributed by atoms with Gasteiger partial charge in [-0.15, -0.1) is 13.2 Å². The normalized spacial score (nSPS) is 10.0. The van der Waals surface area contributed by atoms with E-state index in [1.807, 2.05) is 49.4 Å². The number of benzene rings is 1. The Kier molecular flexibility index (Phi) is 12.5. The van der Waals surface area contributed by atoms with Gasteiger partial charge >= 0.3 is 11.9 Å². The quantitative estimate of drug-likeness (QED) is 0.478. The summed E-state index contributed by atoms with van der Waals surface area (Å²) in [5.41, 5.74) is 1.10. The molecule has 1 aromatic rings. The van der Waals surface area contributed by atoms with Crippen LogP contribution in [0.25, 0.3) is 6.08 Å². The number of hydrogen-bond acceptors (Lipinski definition) is 5. The molecular weight excluding hydrogens is 350 g/mol. The van der Waals surface area contributed by atoms with Gasteiger partial charge in [-0.3, -0.25) is 4.90 Å². The maximum atomic E-state index is 9.10. The number of carboxylic acids is 2. The fourth-order valence-electron chi connectivity index (χ4n) is 2.01. The van der Waals surface area contributed by atoms with Gasteiger partial charge in [0.05, 0.1) is 7.11 Å². The third-order valence-electron chi connectivity index (χ3n) is 3.17. The van der Waals surface area contributed by atoms with Gasteiger partial charge in [0.25, 0.3) is 0 Å². The van der Waals surface area contributed by atoms with Gasteiger partial charge in [-0.1, -0.05) is 30.4 Å². The summed E-state index contributed by atoms with van der Waals surface area (Å²) < 4.78 is 11.2. The maximum absolute atomic E-state index is 9.10. The highest BCUT2D eigenvalue weighted by atomic mass is 16.5. The molecule has 148 valence electrons. The Morgan fingerprint density at radius 1 is 1.11 bits per heavy atom. The van der Waals surface area contributed by atoms with Crippen LogP contribution < -0.4 is 9.47 Å². The predicted molar refractivity (Wildman–Crippen MR) is 105 cm³/mol. The number of aliphatic carboxylic acids is 2. The summed E-state index contributed by atoms with van der Waals surface area (Å²) in [6, 6.07) is 5.93. The summed E-state index contributed by atoms with van der Waals surface area (Å²) in [4.78, 5) is 20.4. The summed E-state index contributed by atoms with van der Waals surface area (Å²) in [6.45, 7) is 12.6. The molecule has 0 bridgehead atoms. The fraction of sp³-hybridized carbons (Fsp3) is 0.300. The fourth-order valence-corrected chi connectivity index (χ4v) is 2.01. The van der Waals surface area contributed by atoms with Crippen LogP contribution in [0.15, 0.2) is 49.6 Å². The summed E-state index contributed by atoms with van der Waals surface area (Å²) in [5.74, 6) is -2.13. The zero-order valence-corrected chi connectivity index (χ0v) is 15.8. The van der Waals surface area contributed by atoms with E-state index in [9.17, 15) is 0 Å². The number of methoxy groups -OCH3 is 1. The van der Waals surface area contributed by atoms with Crippen molar-refractivity contribution < 1.29 is 29.3 Å². The molecule has 0 saturated heterocycles. The van der Waals surface area contributed by atoms with Gasteiger partial charge in [0, 0.05) is 19.6 Å². The molecule has 0 spiro atoms. The Balaban J connectivity index is 0.000000972. The van der Waals surface area contributed by atoms with Crippen molar-refractivity contribution in [3.05, 3.63) is 55.1 Å². The van der Waals surface area contributed by atoms with Gasteiger partial charge in [0.2, 0.25) is 0 Å². The van der Waals surface area contributed by atoms with Crippen molar-refractivity contribution in [2.45, 2.75) is 6.92 Å². The number of ether oxygens (including phenoxy) is 2. The summed E-state index contributed by atoms with van der Waals surface area (Å²) >= 11 is 0. The lowest BCUT2D eigenvalue weighted by molar-refractivity contribution is -0.159. The Labute approximate surface area is 159 Å². The zero-order valence-electron chi connectivity index (χ0n) is 15.8. The molecule has 7 heteroatoms. The van der Waals surface area contributed by atoms with Crippen LogP contribution in [0.3, 0.4) is 0 Å². The van der Waals surface area contributed by atoms with Gasteiger partial charge < -0.3 is 19.7 Å². The zero-order chi connectivity index (χ0) is 20.7. The van der Waals surface area contributed by atoms with Crippen molar-refractivity contribution in [2.24, 2.45) is 0 Å². The number of carbonyl (C=O) groups is 2. The molecule has 0 aromatic heterocycles. The van der Waals surface area contributed by atoms with Crippen LogP contribution in [0.2, 0.25) is 0 Å². The molecule has 0 aliphatic heterocycles. The van der Waals surface area contributed by atoms with Gasteiger partial charge in [0.15, 0.2) is 11.5 Å². The van der Waals surface area contributed by atoms with Crippen LogP contribution in [0, 0.1) is 0 Å². The van der Waals surface area contributed by atoms with Crippen LogP contribution in [0.4, 0.5) is 0 Å². The van der Waals surface area contributed by atoms with Crippen molar-refractivity contribution >= 4 is 18.0 Å². The number of rotatable bonds is 10. The van der Waals surface area contributed by atoms with Crippen LogP contribution in [-0.4, -0.2) is 60.4 Å². The van der Waals surface area contributed by atoms with E-state index in [-0.39, 0.29) is 0 Å². The molecule has 0 unspecified atom stereocenters. The van der Waals surface area contributed by atoms with E-state index in [0.717, 1.165) is 36.7 Å². The molecule has 7 nitrogen and oxygen atoms in total. The van der Waals surface area contributed by atoms with Crippen molar-refractivity contribution in [1.29, 1.82) is 0 Å². The van der Waals surface area contributed by atoms with Crippen molar-refractivity contribution in [2.75, 3.05) is 33.4 Å². The first-order valence-corrected chi connectivity index (χ1v) is 8.23. The van der Waals surface area contributed by atoms with E-state index in [4.69, 9.17) is 29.3 Å². The minimum atomic E-state index is -1.82. The van der Waals surface area contributed by atoms with Crippen LogP contribution in [0.1, 0.15) is 12.5 Å². The highest BCUT2D eigenvalue weighted by molar-refractivity contribution is 6.27. The second kappa shape index (κ2) is 14.1. The molecule has 27 heavy (non-hydrogen) atoms. The summed E-state index contributed by atoms with van der Waals surface area (Å²) in [5, 5.41) is 14.8. The number of hydrogen-bond donors (Lipinski definition) is 2. The first-order valence-electron chi connectivity index (χ1n) is 8.23. The molecule has 0 heterocycles. The smallest absolute Gasteiger partial charge is 0.414 e. The lowest BCUT2D eigenvalue weighted by Gasteiger charge is -2.19. The van der Waals surface area contributed by atoms with Crippen LogP contribution >= 0.6 is 0 Å². The first kappa shape index (κ1) is 23.9. The van der Waals surface area contributed by atoms with Crippen LogP contribution in [0.5, 0.6) is 11.5 Å². The Morgan fingerprint density at radius 2 is 1.70 bits per heavy atom. The number of allylic oxidation sites excluding steroid dienone is 1. The highest BCUT2D eigenvalue weighted by Crippen LogP contribution is 2.28. The first-order chi connectivity index (χ1) is 12.9. The van der Waals surface area contributed by atoms with Gasteiger partial charge in [-0.2, -0.15) is 0 Å². The van der Waals surface area contributed by atoms with E-state index in [1.54, 1.807) is 7.11 Å². The van der Waals surface area contributed by atoms with Gasteiger partial charge in [-0.25, -0.2) is 9.59 Å². The number of carboxylic acid groups (broad SMARTS) is 2. The highest BCUT2D eigenvalue weighted by Gasteiger charge is 2.06. The monoisotopic (exact) mass is 377 g/mol. The van der Waals surface area contributed by atoms with Gasteiger partial charge in [-0.05, 0) is 24.6 Å². The molecule has 0 fully saturated rings. The minimum Gasteiger partial charge on any atom is -0.493 e. The maximum Gasteiger partial charge on any atom is 0.414 e. The minimum absolute atomic E-state index is 0.598. The molecule has 0 aliphatic carbocycles. The standard InChI is InChI=1S/C18H25NO2.C2H2O4/c1-5-8-16-9-10-17(18(15-16)20-4)21-14-13-19(11-6-2)12-7-3;3-1(4)2(5)6/h5-10,15H,2-3,11-14H2,1,4H3;(H,3,4)(H,5,6). The second-order valence-corrected chi connectivity index (χ2v) is 5.21. The van der Waals surface area contributed by atoms with Crippen molar-refractivity contribution in [3.63, 3.8) is 0 Å². The SMILES string of the molecule is C=CCN(CC=C)CCOc1ccc(C=CC)cc1OC.O=C(O)C(=O)O. The summed E-state index contributed by atoms with van der Waals surface area (Å²) in [6.07, 6.45) is 7.80.